The van der Waals surface area contributed by atoms with Crippen molar-refractivity contribution < 1.29 is 5.11 Å². The Morgan fingerprint density at radius 3 is 2.63 bits per heavy atom. The fraction of sp³-hybridized carbons (Fsp3) is 0. The third-order valence-electron chi connectivity index (χ3n) is 3.54. The number of nitriles is 1. The van der Waals surface area contributed by atoms with E-state index in [0.717, 1.165) is 0 Å². The van der Waals surface area contributed by atoms with E-state index in [1.807, 2.05) is 12.1 Å². The predicted octanol–water partition coefficient (Wildman–Crippen LogP) is 3.77. The Morgan fingerprint density at radius 2 is 1.93 bits per heavy atom. The average molecular weight is 400 g/mol. The molecule has 0 radical (unpaired) electrons. The lowest BCUT2D eigenvalue weighted by molar-refractivity contribution is 0.475. The second-order valence-electron chi connectivity index (χ2n) is 5.29. The lowest BCUT2D eigenvalue weighted by atomic mass is 10.1. The minimum absolute atomic E-state index is 0.0110. The first kappa shape index (κ1) is 18.5. The number of aromatic amines is 1. The molecule has 0 spiro atoms. The van der Waals surface area contributed by atoms with Gasteiger partial charge in [0.2, 0.25) is 5.95 Å². The van der Waals surface area contributed by atoms with Gasteiger partial charge in [-0.25, -0.2) is 10.4 Å². The largest absolute Gasteiger partial charge is 0.506 e. The normalized spacial score (nSPS) is 10.7. The summed E-state index contributed by atoms with van der Waals surface area (Å²) in [5, 5.41) is 22.8. The minimum atomic E-state index is -0.588. The highest BCUT2D eigenvalue weighted by atomic mass is 35.5. The van der Waals surface area contributed by atoms with Crippen molar-refractivity contribution in [3.05, 3.63) is 74.0 Å². The highest BCUT2D eigenvalue weighted by Crippen LogP contribution is 2.32. The van der Waals surface area contributed by atoms with Gasteiger partial charge in [-0.15, -0.1) is 0 Å². The van der Waals surface area contributed by atoms with E-state index in [1.54, 1.807) is 24.3 Å². The van der Waals surface area contributed by atoms with E-state index in [-0.39, 0.29) is 33.0 Å². The second-order valence-corrected chi connectivity index (χ2v) is 6.04. The molecule has 0 bridgehead atoms. The van der Waals surface area contributed by atoms with Gasteiger partial charge >= 0.3 is 0 Å². The highest BCUT2D eigenvalue weighted by molar-refractivity contribution is 6.44. The molecule has 134 valence electrons. The molecule has 9 heteroatoms. The summed E-state index contributed by atoms with van der Waals surface area (Å²) in [5.41, 5.74) is 3.22. The first-order valence-corrected chi connectivity index (χ1v) is 8.32. The molecule has 1 aromatic heterocycles. The molecule has 3 rings (SSSR count). The van der Waals surface area contributed by atoms with Crippen molar-refractivity contribution in [2.75, 3.05) is 5.43 Å². The topological polar surface area (TPSA) is 114 Å². The summed E-state index contributed by atoms with van der Waals surface area (Å²) in [6, 6.07) is 13.6. The molecule has 7 nitrogen and oxygen atoms in total. The molecule has 0 aliphatic carbocycles. The number of hydrogen-bond donors (Lipinski definition) is 3. The van der Waals surface area contributed by atoms with Gasteiger partial charge < -0.3 is 5.11 Å². The summed E-state index contributed by atoms with van der Waals surface area (Å²) in [7, 11) is 0. The predicted molar refractivity (Wildman–Crippen MR) is 104 cm³/mol. The van der Waals surface area contributed by atoms with Crippen molar-refractivity contribution in [2.45, 2.75) is 0 Å². The Bertz CT molecular complexity index is 1120. The van der Waals surface area contributed by atoms with Crippen LogP contribution in [0.2, 0.25) is 10.0 Å². The zero-order chi connectivity index (χ0) is 19.4. The fourth-order valence-electron chi connectivity index (χ4n) is 2.25. The van der Waals surface area contributed by atoms with Crippen molar-refractivity contribution in [3.63, 3.8) is 0 Å². The Kier molecular flexibility index (Phi) is 5.41. The van der Waals surface area contributed by atoms with Gasteiger partial charge in [-0.1, -0.05) is 53.5 Å². The molecule has 0 aliphatic heterocycles. The summed E-state index contributed by atoms with van der Waals surface area (Å²) in [4.78, 5) is 18.9. The lowest BCUT2D eigenvalue weighted by Gasteiger charge is -2.06. The van der Waals surface area contributed by atoms with Gasteiger partial charge in [-0.3, -0.25) is 9.78 Å². The first-order chi connectivity index (χ1) is 13.0. The van der Waals surface area contributed by atoms with Crippen LogP contribution in [0.15, 0.2) is 52.4 Å². The molecule has 27 heavy (non-hydrogen) atoms. The third-order valence-corrected chi connectivity index (χ3v) is 4.43. The Balaban J connectivity index is 1.93. The van der Waals surface area contributed by atoms with E-state index in [4.69, 9.17) is 23.2 Å². The maximum absolute atomic E-state index is 12.2. The number of anilines is 1. The van der Waals surface area contributed by atoms with Gasteiger partial charge in [0.05, 0.1) is 16.9 Å². The zero-order valence-corrected chi connectivity index (χ0v) is 15.1. The van der Waals surface area contributed by atoms with E-state index < -0.39 is 5.56 Å². The number of aromatic hydroxyl groups is 1. The van der Waals surface area contributed by atoms with Crippen LogP contribution < -0.4 is 11.0 Å². The number of rotatable bonds is 4. The van der Waals surface area contributed by atoms with Gasteiger partial charge in [0.15, 0.2) is 0 Å². The molecule has 0 fully saturated rings. The van der Waals surface area contributed by atoms with E-state index in [1.165, 1.54) is 18.3 Å². The van der Waals surface area contributed by atoms with Crippen LogP contribution in [0.3, 0.4) is 0 Å². The number of hydrogen-bond acceptors (Lipinski definition) is 6. The van der Waals surface area contributed by atoms with Crippen molar-refractivity contribution >= 4 is 35.4 Å². The molecular weight excluding hydrogens is 389 g/mol. The van der Waals surface area contributed by atoms with Crippen LogP contribution in [0.1, 0.15) is 11.1 Å². The van der Waals surface area contributed by atoms with Crippen molar-refractivity contribution in [1.82, 2.24) is 9.97 Å². The SMILES string of the molecule is N#Cc1c(-c2ccccc2)nc(NN=Cc2ccc(O)c(Cl)c2Cl)[nH]c1=O. The summed E-state index contributed by atoms with van der Waals surface area (Å²) >= 11 is 11.9. The van der Waals surface area contributed by atoms with E-state index in [2.05, 4.69) is 20.5 Å². The fourth-order valence-corrected chi connectivity index (χ4v) is 2.63. The van der Waals surface area contributed by atoms with Gasteiger partial charge in [0.25, 0.3) is 5.56 Å². The summed E-state index contributed by atoms with van der Waals surface area (Å²) in [5.74, 6) is -0.0903. The highest BCUT2D eigenvalue weighted by Gasteiger charge is 2.13. The zero-order valence-electron chi connectivity index (χ0n) is 13.6. The minimum Gasteiger partial charge on any atom is -0.506 e. The van der Waals surface area contributed by atoms with Gasteiger partial charge in [0, 0.05) is 11.1 Å². The van der Waals surface area contributed by atoms with Gasteiger partial charge in [-0.2, -0.15) is 10.4 Å². The summed E-state index contributed by atoms with van der Waals surface area (Å²) in [6.45, 7) is 0. The molecule has 2 aromatic carbocycles. The molecule has 0 aliphatic rings. The number of phenols is 1. The number of benzene rings is 2. The van der Waals surface area contributed by atoms with Gasteiger partial charge in [-0.05, 0) is 12.1 Å². The summed E-state index contributed by atoms with van der Waals surface area (Å²) in [6.07, 6.45) is 1.36. The van der Waals surface area contributed by atoms with Crippen LogP contribution in [-0.2, 0) is 0 Å². The molecule has 3 aromatic rings. The number of H-pyrrole nitrogens is 1. The van der Waals surface area contributed by atoms with E-state index in [0.29, 0.717) is 11.1 Å². The van der Waals surface area contributed by atoms with E-state index >= 15 is 0 Å². The van der Waals surface area contributed by atoms with Crippen LogP contribution >= 0.6 is 23.2 Å². The van der Waals surface area contributed by atoms with E-state index in [9.17, 15) is 15.2 Å². The Labute approximate surface area is 163 Å². The molecule has 0 saturated heterocycles. The van der Waals surface area contributed by atoms with Crippen LogP contribution in [0.25, 0.3) is 11.3 Å². The molecule has 0 amide bonds. The number of nitrogens with one attached hydrogen (secondary N) is 2. The van der Waals surface area contributed by atoms with Crippen molar-refractivity contribution in [3.8, 4) is 23.1 Å². The maximum atomic E-state index is 12.2. The number of phenolic OH excluding ortho intramolecular Hbond substituents is 1. The molecule has 0 atom stereocenters. The van der Waals surface area contributed by atoms with Crippen molar-refractivity contribution in [1.29, 1.82) is 5.26 Å². The molecular formula is C18H11Cl2N5O2. The van der Waals surface area contributed by atoms with Gasteiger partial charge in [0.1, 0.15) is 22.4 Å². The number of aromatic nitrogens is 2. The van der Waals surface area contributed by atoms with Crippen LogP contribution in [0, 0.1) is 11.3 Å². The monoisotopic (exact) mass is 399 g/mol. The number of hydrazone groups is 1. The smallest absolute Gasteiger partial charge is 0.270 e. The third kappa shape index (κ3) is 3.92. The number of halogens is 2. The lowest BCUT2D eigenvalue weighted by Crippen LogP contribution is -2.16. The summed E-state index contributed by atoms with van der Waals surface area (Å²) < 4.78 is 0. The maximum Gasteiger partial charge on any atom is 0.270 e. The average Bonchev–Trinajstić information content (AvgIpc) is 2.68. The van der Waals surface area contributed by atoms with Crippen LogP contribution in [-0.4, -0.2) is 21.3 Å². The second kappa shape index (κ2) is 7.91. The first-order valence-electron chi connectivity index (χ1n) is 7.57. The quantitative estimate of drug-likeness (QED) is 0.456. The standard InChI is InChI=1S/C18H11Cl2N5O2/c19-14-11(6-7-13(26)15(14)20)9-22-25-18-23-16(10-4-2-1-3-5-10)12(8-21)17(27)24-18/h1-7,9,26H,(H2,23,24,25,27). The molecule has 3 N–H and O–H groups in total. The van der Waals surface area contributed by atoms with Crippen molar-refractivity contribution in [2.24, 2.45) is 5.10 Å². The molecule has 0 unspecified atom stereocenters. The number of nitrogens with zero attached hydrogens (tertiary/aromatic N) is 3. The molecule has 1 heterocycles. The Morgan fingerprint density at radius 1 is 1.19 bits per heavy atom. The van der Waals surface area contributed by atoms with Crippen LogP contribution in [0.5, 0.6) is 5.75 Å². The molecule has 0 saturated carbocycles. The van der Waals surface area contributed by atoms with Crippen LogP contribution in [0.4, 0.5) is 5.95 Å². The Hall–Kier alpha value is -3.34.